The summed E-state index contributed by atoms with van der Waals surface area (Å²) in [6.07, 6.45) is 6.64. The highest BCUT2D eigenvalue weighted by Gasteiger charge is 2.21. The number of carbonyl (C=O) groups is 1. The molecule has 1 fully saturated rings. The second-order valence-electron chi connectivity index (χ2n) is 7.08. The number of rotatable bonds is 4. The molecule has 0 unspecified atom stereocenters. The summed E-state index contributed by atoms with van der Waals surface area (Å²) in [5, 5.41) is 0. The van der Waals surface area contributed by atoms with Crippen LogP contribution in [0, 0.1) is 20.8 Å². The summed E-state index contributed by atoms with van der Waals surface area (Å²) in [6.45, 7) is 8.63. The molecule has 8 nitrogen and oxygen atoms in total. The molecule has 0 atom stereocenters. The van der Waals surface area contributed by atoms with Crippen molar-refractivity contribution in [3.63, 3.8) is 0 Å². The minimum Gasteiger partial charge on any atom is -0.465 e. The van der Waals surface area contributed by atoms with Crippen LogP contribution in [0.4, 0.5) is 5.82 Å². The quantitative estimate of drug-likeness (QED) is 0.635. The largest absolute Gasteiger partial charge is 0.465 e. The fourth-order valence-corrected chi connectivity index (χ4v) is 3.35. The lowest BCUT2D eigenvalue weighted by molar-refractivity contribution is -0.126. The third-order valence-electron chi connectivity index (χ3n) is 5.16. The zero-order valence-corrected chi connectivity index (χ0v) is 16.9. The second-order valence-corrected chi connectivity index (χ2v) is 7.08. The fraction of sp³-hybridized carbons (Fsp3) is 0.333. The molecule has 29 heavy (non-hydrogen) atoms. The van der Waals surface area contributed by atoms with E-state index < -0.39 is 0 Å². The van der Waals surface area contributed by atoms with Crippen LogP contribution in [0.2, 0.25) is 0 Å². The van der Waals surface area contributed by atoms with Gasteiger partial charge in [-0.3, -0.25) is 9.36 Å². The molecule has 1 aliphatic rings. The smallest absolute Gasteiger partial charge is 0.246 e. The third kappa shape index (κ3) is 4.06. The minimum atomic E-state index is -0.00915. The molecule has 0 aromatic carbocycles. The van der Waals surface area contributed by atoms with Crippen molar-refractivity contribution in [3.8, 4) is 5.82 Å². The van der Waals surface area contributed by atoms with Crippen molar-refractivity contribution >= 4 is 17.8 Å². The maximum atomic E-state index is 12.4. The molecule has 0 bridgehead atoms. The minimum absolute atomic E-state index is 0.00915. The van der Waals surface area contributed by atoms with Crippen LogP contribution in [0.5, 0.6) is 0 Å². The van der Waals surface area contributed by atoms with Crippen molar-refractivity contribution in [2.75, 3.05) is 31.1 Å². The highest BCUT2D eigenvalue weighted by molar-refractivity contribution is 5.91. The zero-order valence-electron chi connectivity index (χ0n) is 16.9. The molecular weight excluding hydrogens is 368 g/mol. The first-order valence-corrected chi connectivity index (χ1v) is 9.63. The maximum Gasteiger partial charge on any atom is 0.246 e. The number of amides is 1. The average molecular weight is 392 g/mol. The second kappa shape index (κ2) is 7.90. The van der Waals surface area contributed by atoms with Crippen LogP contribution in [0.3, 0.4) is 0 Å². The lowest BCUT2D eigenvalue weighted by Gasteiger charge is -2.35. The molecule has 0 saturated carbocycles. The number of aromatic nitrogens is 4. The number of nitrogens with zero attached hydrogens (tertiary/aromatic N) is 6. The molecule has 1 saturated heterocycles. The molecule has 150 valence electrons. The van der Waals surface area contributed by atoms with Crippen molar-refractivity contribution in [2.45, 2.75) is 20.8 Å². The Labute approximate surface area is 169 Å². The predicted molar refractivity (Wildman–Crippen MR) is 110 cm³/mol. The van der Waals surface area contributed by atoms with Crippen LogP contribution in [-0.2, 0) is 4.79 Å². The fourth-order valence-electron chi connectivity index (χ4n) is 3.35. The number of hydrogen-bond donors (Lipinski definition) is 0. The van der Waals surface area contributed by atoms with Crippen LogP contribution in [-0.4, -0.2) is 56.5 Å². The van der Waals surface area contributed by atoms with Gasteiger partial charge in [0.15, 0.2) is 0 Å². The van der Waals surface area contributed by atoms with Crippen molar-refractivity contribution in [1.82, 2.24) is 24.4 Å². The molecular formula is C21H24N6O2. The van der Waals surface area contributed by atoms with Gasteiger partial charge in [-0.05, 0) is 39.0 Å². The van der Waals surface area contributed by atoms with E-state index in [1.807, 2.05) is 42.4 Å². The van der Waals surface area contributed by atoms with Crippen molar-refractivity contribution in [1.29, 1.82) is 0 Å². The average Bonchev–Trinajstić information content (AvgIpc) is 3.36. The van der Waals surface area contributed by atoms with Crippen LogP contribution >= 0.6 is 0 Å². The first-order valence-electron chi connectivity index (χ1n) is 9.63. The van der Waals surface area contributed by atoms with Gasteiger partial charge in [-0.25, -0.2) is 15.0 Å². The van der Waals surface area contributed by atoms with Crippen LogP contribution in [0.25, 0.3) is 11.9 Å². The summed E-state index contributed by atoms with van der Waals surface area (Å²) in [5.41, 5.74) is 2.05. The van der Waals surface area contributed by atoms with Crippen molar-refractivity contribution in [3.05, 3.63) is 59.8 Å². The van der Waals surface area contributed by atoms with Gasteiger partial charge in [0.1, 0.15) is 29.5 Å². The van der Waals surface area contributed by atoms with E-state index in [2.05, 4.69) is 19.9 Å². The van der Waals surface area contributed by atoms with Gasteiger partial charge in [-0.15, -0.1) is 0 Å². The Hall–Kier alpha value is -3.42. The number of carbonyl (C=O) groups excluding carboxylic acids is 1. The summed E-state index contributed by atoms with van der Waals surface area (Å²) < 4.78 is 7.21. The van der Waals surface area contributed by atoms with Crippen LogP contribution in [0.1, 0.15) is 23.0 Å². The first kappa shape index (κ1) is 18.9. The van der Waals surface area contributed by atoms with Gasteiger partial charge >= 0.3 is 0 Å². The summed E-state index contributed by atoms with van der Waals surface area (Å²) in [6, 6.07) is 5.60. The Morgan fingerprint density at radius 1 is 1.10 bits per heavy atom. The molecule has 0 radical (unpaired) electrons. The van der Waals surface area contributed by atoms with Crippen LogP contribution in [0.15, 0.2) is 41.3 Å². The van der Waals surface area contributed by atoms with E-state index >= 15 is 0 Å². The zero-order chi connectivity index (χ0) is 20.4. The Morgan fingerprint density at radius 3 is 2.52 bits per heavy atom. The molecule has 4 heterocycles. The molecule has 3 aromatic rings. The van der Waals surface area contributed by atoms with Gasteiger partial charge in [0.2, 0.25) is 5.91 Å². The SMILES string of the molecule is Cc1nc(N2CCN(C(=O)/C=C/c3ccco3)CC2)cc(-n2cnc(C)c2C)n1. The van der Waals surface area contributed by atoms with Crippen molar-refractivity contribution in [2.24, 2.45) is 0 Å². The standard InChI is InChI=1S/C21H24N6O2/c1-15-16(2)27(14-22-15)20-13-19(23-17(3)24-20)25-8-10-26(11-9-25)21(28)7-6-18-5-4-12-29-18/h4-7,12-14H,8-11H2,1-3H3/b7-6+. The molecule has 0 aliphatic carbocycles. The lowest BCUT2D eigenvalue weighted by Crippen LogP contribution is -2.48. The molecule has 1 aliphatic heterocycles. The summed E-state index contributed by atoms with van der Waals surface area (Å²) >= 11 is 0. The molecule has 0 N–H and O–H groups in total. The van der Waals surface area contributed by atoms with Gasteiger partial charge < -0.3 is 14.2 Å². The third-order valence-corrected chi connectivity index (χ3v) is 5.16. The van der Waals surface area contributed by atoms with E-state index in [9.17, 15) is 4.79 Å². The Kier molecular flexibility index (Phi) is 5.16. The van der Waals surface area contributed by atoms with E-state index in [0.717, 1.165) is 36.1 Å². The number of piperazine rings is 1. The maximum absolute atomic E-state index is 12.4. The van der Waals surface area contributed by atoms with E-state index in [-0.39, 0.29) is 5.91 Å². The Balaban J connectivity index is 1.44. The number of aryl methyl sites for hydroxylation is 2. The topological polar surface area (TPSA) is 80.3 Å². The molecule has 3 aromatic heterocycles. The van der Waals surface area contributed by atoms with Crippen molar-refractivity contribution < 1.29 is 9.21 Å². The molecule has 8 heteroatoms. The van der Waals surface area contributed by atoms with Crippen LogP contribution < -0.4 is 4.90 Å². The normalized spacial score (nSPS) is 14.7. The molecule has 0 spiro atoms. The monoisotopic (exact) mass is 392 g/mol. The van der Waals surface area contributed by atoms with Gasteiger partial charge in [0.25, 0.3) is 0 Å². The van der Waals surface area contributed by atoms with E-state index in [1.54, 1.807) is 30.8 Å². The Bertz CT molecular complexity index is 1030. The predicted octanol–water partition coefficient (Wildman–Crippen LogP) is 2.54. The number of imidazole rings is 1. The lowest BCUT2D eigenvalue weighted by atomic mass is 10.3. The number of furan rings is 1. The number of anilines is 1. The number of hydrogen-bond acceptors (Lipinski definition) is 6. The summed E-state index contributed by atoms with van der Waals surface area (Å²) in [4.78, 5) is 30.0. The highest BCUT2D eigenvalue weighted by atomic mass is 16.3. The van der Waals surface area contributed by atoms with E-state index in [0.29, 0.717) is 24.7 Å². The first-order chi connectivity index (χ1) is 14.0. The molecule has 1 amide bonds. The summed E-state index contributed by atoms with van der Waals surface area (Å²) in [5.74, 6) is 3.06. The highest BCUT2D eigenvalue weighted by Crippen LogP contribution is 2.19. The van der Waals surface area contributed by atoms with Gasteiger partial charge in [0.05, 0.1) is 12.0 Å². The van der Waals surface area contributed by atoms with E-state index in [4.69, 9.17) is 4.42 Å². The van der Waals surface area contributed by atoms with E-state index in [1.165, 1.54) is 0 Å². The Morgan fingerprint density at radius 2 is 1.86 bits per heavy atom. The molecule has 4 rings (SSSR count). The summed E-state index contributed by atoms with van der Waals surface area (Å²) in [7, 11) is 0. The van der Waals surface area contributed by atoms with Gasteiger partial charge in [-0.1, -0.05) is 0 Å². The van der Waals surface area contributed by atoms with Gasteiger partial charge in [0, 0.05) is 44.0 Å². The van der Waals surface area contributed by atoms with Gasteiger partial charge in [-0.2, -0.15) is 0 Å².